The largest absolute Gasteiger partial charge is 0.344 e. The van der Waals surface area contributed by atoms with Crippen LogP contribution in [0.2, 0.25) is 5.02 Å². The van der Waals surface area contributed by atoms with Gasteiger partial charge in [0.1, 0.15) is 0 Å². The van der Waals surface area contributed by atoms with Crippen molar-refractivity contribution < 1.29 is 8.42 Å². The van der Waals surface area contributed by atoms with Crippen LogP contribution in [0, 0.1) is 13.8 Å². The van der Waals surface area contributed by atoms with Crippen molar-refractivity contribution in [3.05, 3.63) is 122 Å². The lowest BCUT2D eigenvalue weighted by atomic mass is 9.93. The molecule has 4 rings (SSSR count). The normalized spacial score (nSPS) is 12.5. The Kier molecular flexibility index (Phi) is 7.50. The third-order valence-corrected chi connectivity index (χ3v) is 8.13. The summed E-state index contributed by atoms with van der Waals surface area (Å²) >= 11 is 6.54. The van der Waals surface area contributed by atoms with E-state index in [-0.39, 0.29) is 22.9 Å². The van der Waals surface area contributed by atoms with E-state index in [4.69, 9.17) is 17.3 Å². The minimum atomic E-state index is -3.44. The summed E-state index contributed by atoms with van der Waals surface area (Å²) in [6, 6.07) is 23.5. The molecule has 0 aliphatic heterocycles. The van der Waals surface area contributed by atoms with Crippen LogP contribution in [0.25, 0.3) is 11.1 Å². The van der Waals surface area contributed by atoms with E-state index in [9.17, 15) is 13.2 Å². The average molecular weight is 521 g/mol. The minimum Gasteiger partial charge on any atom is -0.344 e. The highest BCUT2D eigenvalue weighted by atomic mass is 35.5. The van der Waals surface area contributed by atoms with Crippen LogP contribution in [-0.2, 0) is 22.8 Å². The molecule has 5 nitrogen and oxygen atoms in total. The van der Waals surface area contributed by atoms with E-state index in [0.29, 0.717) is 39.4 Å². The van der Waals surface area contributed by atoms with Crippen LogP contribution in [0.5, 0.6) is 0 Å². The van der Waals surface area contributed by atoms with E-state index in [0.717, 1.165) is 11.3 Å². The lowest BCUT2D eigenvalue weighted by Gasteiger charge is -2.24. The molecule has 0 radical (unpaired) electrons. The average Bonchev–Trinajstić information content (AvgIpc) is 2.85. The third kappa shape index (κ3) is 5.16. The maximum Gasteiger partial charge on any atom is 0.193 e. The Labute approximate surface area is 217 Å². The summed E-state index contributed by atoms with van der Waals surface area (Å²) in [5.74, 6) is 0. The Morgan fingerprint density at radius 3 is 2.17 bits per heavy atom. The molecule has 0 aliphatic carbocycles. The maximum absolute atomic E-state index is 13.9. The Bertz CT molecular complexity index is 1580. The number of hydrogen-bond acceptors (Lipinski definition) is 4. The molecule has 0 saturated heterocycles. The van der Waals surface area contributed by atoms with E-state index in [1.54, 1.807) is 24.3 Å². The van der Waals surface area contributed by atoms with E-state index >= 15 is 0 Å². The van der Waals surface area contributed by atoms with Crippen LogP contribution in [-0.4, -0.2) is 19.2 Å². The van der Waals surface area contributed by atoms with Gasteiger partial charge in [0.15, 0.2) is 15.3 Å². The fourth-order valence-electron chi connectivity index (χ4n) is 4.69. The molecule has 0 saturated carbocycles. The molecule has 0 fully saturated rings. The van der Waals surface area contributed by atoms with Crippen molar-refractivity contribution in [1.29, 1.82) is 0 Å². The summed E-state index contributed by atoms with van der Waals surface area (Å²) in [7, 11) is -3.44. The summed E-state index contributed by atoms with van der Waals surface area (Å²) in [5, 5.41) is 0.475. The maximum atomic E-state index is 13.9. The second-order valence-electron chi connectivity index (χ2n) is 9.02. The van der Waals surface area contributed by atoms with Gasteiger partial charge in [0.05, 0.1) is 10.5 Å². The number of benzene rings is 3. The van der Waals surface area contributed by atoms with Crippen LogP contribution >= 0.6 is 11.6 Å². The molecule has 3 aromatic carbocycles. The number of nitrogens with two attached hydrogens (primary N) is 1. The lowest BCUT2D eigenvalue weighted by Crippen LogP contribution is -2.27. The smallest absolute Gasteiger partial charge is 0.193 e. The fourth-order valence-corrected chi connectivity index (χ4v) is 5.86. The highest BCUT2D eigenvalue weighted by molar-refractivity contribution is 7.90. The van der Waals surface area contributed by atoms with Gasteiger partial charge in [-0.2, -0.15) is 0 Å². The summed E-state index contributed by atoms with van der Waals surface area (Å²) in [5.41, 5.74) is 11.2. The quantitative estimate of drug-likeness (QED) is 0.350. The molecular weight excluding hydrogens is 492 g/mol. The molecule has 1 atom stereocenters. The van der Waals surface area contributed by atoms with Gasteiger partial charge >= 0.3 is 0 Å². The van der Waals surface area contributed by atoms with Gasteiger partial charge in [-0.1, -0.05) is 78.3 Å². The molecular formula is C29H29ClN2O3S. The van der Waals surface area contributed by atoms with Gasteiger partial charge in [0.25, 0.3) is 0 Å². The highest BCUT2D eigenvalue weighted by Crippen LogP contribution is 2.31. The van der Waals surface area contributed by atoms with Crippen LogP contribution in [0.3, 0.4) is 0 Å². The Morgan fingerprint density at radius 1 is 0.889 bits per heavy atom. The SMILES string of the molecule is Cc1c(CC(N)c2ccccc2)c(=O)c(-c2ccccc2Cl)c(C)n1Cc1ccccc1S(C)(=O)=O. The van der Waals surface area contributed by atoms with Gasteiger partial charge in [-0.25, -0.2) is 8.42 Å². The number of pyridine rings is 1. The molecule has 186 valence electrons. The van der Waals surface area contributed by atoms with Crippen LogP contribution in [0.1, 0.15) is 34.1 Å². The van der Waals surface area contributed by atoms with Crippen molar-refractivity contribution in [3.63, 3.8) is 0 Å². The predicted octanol–water partition coefficient (Wildman–Crippen LogP) is 5.48. The Hall–Kier alpha value is -3.19. The summed E-state index contributed by atoms with van der Waals surface area (Å²) in [6.07, 6.45) is 1.54. The van der Waals surface area contributed by atoms with Crippen LogP contribution < -0.4 is 11.2 Å². The van der Waals surface area contributed by atoms with Crippen molar-refractivity contribution in [2.24, 2.45) is 5.73 Å². The number of rotatable bonds is 7. The topological polar surface area (TPSA) is 82.2 Å². The van der Waals surface area contributed by atoms with Gasteiger partial charge in [0, 0.05) is 46.4 Å². The first-order valence-corrected chi connectivity index (χ1v) is 13.9. The molecule has 0 bridgehead atoms. The van der Waals surface area contributed by atoms with Crippen molar-refractivity contribution >= 4 is 21.4 Å². The zero-order valence-corrected chi connectivity index (χ0v) is 22.1. The van der Waals surface area contributed by atoms with Crippen LogP contribution in [0.4, 0.5) is 0 Å². The number of halogens is 1. The molecule has 0 amide bonds. The first kappa shape index (κ1) is 25.9. The monoisotopic (exact) mass is 520 g/mol. The minimum absolute atomic E-state index is 0.114. The summed E-state index contributed by atoms with van der Waals surface area (Å²) < 4.78 is 27.0. The molecule has 7 heteroatoms. The molecule has 4 aromatic rings. The van der Waals surface area contributed by atoms with Gasteiger partial charge in [-0.15, -0.1) is 0 Å². The molecule has 0 aliphatic rings. The Balaban J connectivity index is 1.95. The number of aromatic nitrogens is 1. The standard InChI is InChI=1S/C29H29ClN2O3S/c1-19-24(17-26(31)21-11-5-4-6-12-21)29(33)28(23-14-8-9-15-25(23)30)20(2)32(19)18-22-13-7-10-16-27(22)36(3,34)35/h4-16,26H,17-18,31H2,1-3H3. The van der Waals surface area contributed by atoms with E-state index in [1.165, 1.54) is 6.26 Å². The number of sulfone groups is 1. The van der Waals surface area contributed by atoms with Gasteiger partial charge in [-0.05, 0) is 43.5 Å². The van der Waals surface area contributed by atoms with Crippen LogP contribution in [0.15, 0.2) is 88.6 Å². The molecule has 1 heterocycles. The molecule has 1 aromatic heterocycles. The van der Waals surface area contributed by atoms with E-state index in [2.05, 4.69) is 0 Å². The fraction of sp³-hybridized carbons (Fsp3) is 0.207. The van der Waals surface area contributed by atoms with Crippen molar-refractivity contribution in [3.8, 4) is 11.1 Å². The predicted molar refractivity (Wildman–Crippen MR) is 146 cm³/mol. The molecule has 2 N–H and O–H groups in total. The number of hydrogen-bond donors (Lipinski definition) is 1. The molecule has 36 heavy (non-hydrogen) atoms. The zero-order valence-electron chi connectivity index (χ0n) is 20.5. The Morgan fingerprint density at radius 2 is 1.50 bits per heavy atom. The van der Waals surface area contributed by atoms with E-state index in [1.807, 2.05) is 73.0 Å². The second kappa shape index (κ2) is 10.4. The zero-order chi connectivity index (χ0) is 26.0. The first-order chi connectivity index (χ1) is 17.1. The molecule has 1 unspecified atom stereocenters. The summed E-state index contributed by atoms with van der Waals surface area (Å²) in [6.45, 7) is 4.05. The van der Waals surface area contributed by atoms with Gasteiger partial charge in [-0.3, -0.25) is 4.79 Å². The second-order valence-corrected chi connectivity index (χ2v) is 11.4. The van der Waals surface area contributed by atoms with Gasteiger partial charge < -0.3 is 10.3 Å². The third-order valence-electron chi connectivity index (χ3n) is 6.60. The lowest BCUT2D eigenvalue weighted by molar-refractivity contribution is 0.599. The number of nitrogens with zero attached hydrogens (tertiary/aromatic N) is 1. The van der Waals surface area contributed by atoms with Crippen molar-refractivity contribution in [2.75, 3.05) is 6.26 Å². The van der Waals surface area contributed by atoms with Gasteiger partial charge in [0.2, 0.25) is 0 Å². The van der Waals surface area contributed by atoms with Crippen molar-refractivity contribution in [1.82, 2.24) is 4.57 Å². The first-order valence-electron chi connectivity index (χ1n) is 11.7. The van der Waals surface area contributed by atoms with E-state index < -0.39 is 9.84 Å². The highest BCUT2D eigenvalue weighted by Gasteiger charge is 2.23. The molecule has 0 spiro atoms. The van der Waals surface area contributed by atoms with Crippen molar-refractivity contribution in [2.45, 2.75) is 37.8 Å². The summed E-state index contributed by atoms with van der Waals surface area (Å²) in [4.78, 5) is 14.2.